The van der Waals surface area contributed by atoms with Crippen molar-refractivity contribution in [2.24, 2.45) is 0 Å². The molecule has 1 saturated heterocycles. The summed E-state index contributed by atoms with van der Waals surface area (Å²) in [6, 6.07) is 3.13. The highest BCUT2D eigenvalue weighted by atomic mass is 19.1. The smallest absolute Gasteiger partial charge is 0.282 e. The Morgan fingerprint density at radius 2 is 2.11 bits per heavy atom. The Morgan fingerprint density at radius 3 is 2.79 bits per heavy atom. The Labute approximate surface area is 113 Å². The van der Waals surface area contributed by atoms with Gasteiger partial charge in [-0.25, -0.2) is 4.39 Å². The standard InChI is InChI=1S/C15H21FN2O/c1-10-7-8-12(16)11(2)14(10)17-15(19)13-6-4-5-9-18(13)3/h7-8,13H,4-6,9H2,1-3H3,(H,17,19)/p+1. The van der Waals surface area contributed by atoms with E-state index in [9.17, 15) is 9.18 Å². The van der Waals surface area contributed by atoms with E-state index in [0.717, 1.165) is 24.9 Å². The summed E-state index contributed by atoms with van der Waals surface area (Å²) in [5, 5.41) is 2.92. The minimum absolute atomic E-state index is 0.00833. The Kier molecular flexibility index (Phi) is 4.20. The van der Waals surface area contributed by atoms with Gasteiger partial charge < -0.3 is 10.2 Å². The van der Waals surface area contributed by atoms with Gasteiger partial charge in [0.15, 0.2) is 6.04 Å². The number of carbonyl (C=O) groups is 1. The average Bonchev–Trinajstić information content (AvgIpc) is 2.39. The summed E-state index contributed by atoms with van der Waals surface area (Å²) in [5.74, 6) is -0.265. The molecule has 0 saturated carbocycles. The SMILES string of the molecule is Cc1ccc(F)c(C)c1NC(=O)C1CCCC[NH+]1C. The Bertz CT molecular complexity index is 487. The van der Waals surface area contributed by atoms with E-state index >= 15 is 0 Å². The van der Waals surface area contributed by atoms with Gasteiger partial charge in [0.05, 0.1) is 13.6 Å². The lowest BCUT2D eigenvalue weighted by Crippen LogP contribution is -3.15. The number of anilines is 1. The first-order valence-corrected chi connectivity index (χ1v) is 6.89. The van der Waals surface area contributed by atoms with Crippen LogP contribution in [-0.4, -0.2) is 25.5 Å². The van der Waals surface area contributed by atoms with Crippen molar-refractivity contribution in [3.8, 4) is 0 Å². The molecule has 0 bridgehead atoms. The van der Waals surface area contributed by atoms with Crippen LogP contribution in [0.2, 0.25) is 0 Å². The zero-order chi connectivity index (χ0) is 14.0. The summed E-state index contributed by atoms with van der Waals surface area (Å²) in [4.78, 5) is 13.6. The van der Waals surface area contributed by atoms with Gasteiger partial charge in [-0.15, -0.1) is 0 Å². The second kappa shape index (κ2) is 5.70. The van der Waals surface area contributed by atoms with E-state index in [1.54, 1.807) is 13.0 Å². The topological polar surface area (TPSA) is 33.5 Å². The molecule has 2 N–H and O–H groups in total. The molecule has 19 heavy (non-hydrogen) atoms. The first kappa shape index (κ1) is 14.0. The Hall–Kier alpha value is -1.42. The van der Waals surface area contributed by atoms with Gasteiger partial charge in [-0.05, 0) is 38.3 Å². The third-order valence-electron chi connectivity index (χ3n) is 4.08. The molecule has 1 fully saturated rings. The summed E-state index contributed by atoms with van der Waals surface area (Å²) in [6.45, 7) is 4.62. The molecule has 1 amide bonds. The highest BCUT2D eigenvalue weighted by molar-refractivity contribution is 5.95. The van der Waals surface area contributed by atoms with Crippen molar-refractivity contribution in [3.63, 3.8) is 0 Å². The molecule has 1 heterocycles. The first-order valence-electron chi connectivity index (χ1n) is 6.89. The first-order chi connectivity index (χ1) is 9.00. The molecule has 4 heteroatoms. The molecule has 2 rings (SSSR count). The van der Waals surface area contributed by atoms with Gasteiger partial charge in [0, 0.05) is 17.7 Å². The van der Waals surface area contributed by atoms with Crippen molar-refractivity contribution in [3.05, 3.63) is 29.1 Å². The van der Waals surface area contributed by atoms with Crippen LogP contribution in [0.4, 0.5) is 10.1 Å². The van der Waals surface area contributed by atoms with Crippen molar-refractivity contribution in [2.45, 2.75) is 39.2 Å². The van der Waals surface area contributed by atoms with Crippen molar-refractivity contribution >= 4 is 11.6 Å². The summed E-state index contributed by atoms with van der Waals surface area (Å²) < 4.78 is 13.6. The van der Waals surface area contributed by atoms with Gasteiger partial charge in [-0.1, -0.05) is 6.07 Å². The maximum atomic E-state index is 13.6. The number of halogens is 1. The zero-order valence-corrected chi connectivity index (χ0v) is 11.8. The molecule has 2 atom stereocenters. The van der Waals surface area contributed by atoms with Gasteiger partial charge in [0.2, 0.25) is 0 Å². The van der Waals surface area contributed by atoms with Crippen molar-refractivity contribution in [1.29, 1.82) is 0 Å². The number of amides is 1. The van der Waals surface area contributed by atoms with Gasteiger partial charge >= 0.3 is 0 Å². The number of nitrogens with one attached hydrogen (secondary N) is 2. The minimum Gasteiger partial charge on any atom is -0.327 e. The normalized spacial score (nSPS) is 23.2. The van der Waals surface area contributed by atoms with Gasteiger partial charge in [-0.2, -0.15) is 0 Å². The van der Waals surface area contributed by atoms with Crippen molar-refractivity contribution < 1.29 is 14.1 Å². The van der Waals surface area contributed by atoms with Crippen LogP contribution in [0.25, 0.3) is 0 Å². The van der Waals surface area contributed by atoms with E-state index in [-0.39, 0.29) is 17.8 Å². The van der Waals surface area contributed by atoms with Crippen LogP contribution in [0.1, 0.15) is 30.4 Å². The van der Waals surface area contributed by atoms with Crippen LogP contribution in [0.5, 0.6) is 0 Å². The maximum absolute atomic E-state index is 13.6. The average molecular weight is 265 g/mol. The number of quaternary nitrogens is 1. The van der Waals surface area contributed by atoms with Crippen LogP contribution in [0, 0.1) is 19.7 Å². The number of aryl methyl sites for hydroxylation is 1. The fourth-order valence-electron chi connectivity index (χ4n) is 2.75. The summed E-state index contributed by atoms with van der Waals surface area (Å²) in [7, 11) is 2.05. The number of likely N-dealkylation sites (N-methyl/N-ethyl adjacent to an activating group) is 1. The predicted molar refractivity (Wildman–Crippen MR) is 73.9 cm³/mol. The van der Waals surface area contributed by atoms with Crippen molar-refractivity contribution in [1.82, 2.24) is 0 Å². The fraction of sp³-hybridized carbons (Fsp3) is 0.533. The van der Waals surface area contributed by atoms with Crippen LogP contribution in [0.15, 0.2) is 12.1 Å². The number of hydrogen-bond acceptors (Lipinski definition) is 1. The maximum Gasteiger partial charge on any atom is 0.282 e. The van der Waals surface area contributed by atoms with E-state index in [2.05, 4.69) is 12.4 Å². The molecule has 0 radical (unpaired) electrons. The van der Waals surface area contributed by atoms with Gasteiger partial charge in [-0.3, -0.25) is 4.79 Å². The molecule has 3 nitrogen and oxygen atoms in total. The lowest BCUT2D eigenvalue weighted by molar-refractivity contribution is -0.901. The Balaban J connectivity index is 2.17. The number of benzene rings is 1. The minimum atomic E-state index is -0.273. The van der Waals surface area contributed by atoms with Crippen LogP contribution < -0.4 is 10.2 Å². The highest BCUT2D eigenvalue weighted by Crippen LogP contribution is 2.23. The highest BCUT2D eigenvalue weighted by Gasteiger charge is 2.30. The second-order valence-electron chi connectivity index (χ2n) is 5.50. The van der Waals surface area contributed by atoms with Crippen LogP contribution in [-0.2, 0) is 4.79 Å². The molecule has 0 spiro atoms. The summed E-state index contributed by atoms with van der Waals surface area (Å²) in [5.41, 5.74) is 2.05. The predicted octanol–water partition coefficient (Wildman–Crippen LogP) is 1.45. The molecule has 1 aromatic rings. The number of likely N-dealkylation sites (tertiary alicyclic amines) is 1. The van der Waals surface area contributed by atoms with E-state index in [0.29, 0.717) is 11.3 Å². The monoisotopic (exact) mass is 265 g/mol. The molecule has 0 aromatic heterocycles. The third kappa shape index (κ3) is 2.95. The molecule has 1 aromatic carbocycles. The molecule has 2 unspecified atom stereocenters. The van der Waals surface area contributed by atoms with E-state index < -0.39 is 0 Å². The van der Waals surface area contributed by atoms with Gasteiger partial charge in [0.25, 0.3) is 5.91 Å². The lowest BCUT2D eigenvalue weighted by Gasteiger charge is -2.28. The molecular weight excluding hydrogens is 243 g/mol. The number of carbonyl (C=O) groups excluding carboxylic acids is 1. The summed E-state index contributed by atoms with van der Waals surface area (Å²) >= 11 is 0. The molecular formula is C15H22FN2O+. The molecule has 104 valence electrons. The number of rotatable bonds is 2. The summed E-state index contributed by atoms with van der Waals surface area (Å²) in [6.07, 6.45) is 3.18. The van der Waals surface area contributed by atoms with E-state index in [1.807, 2.05) is 6.92 Å². The van der Waals surface area contributed by atoms with Crippen LogP contribution >= 0.6 is 0 Å². The second-order valence-corrected chi connectivity index (χ2v) is 5.50. The number of piperidine rings is 1. The van der Waals surface area contributed by atoms with Crippen molar-refractivity contribution in [2.75, 3.05) is 18.9 Å². The van der Waals surface area contributed by atoms with Gasteiger partial charge in [0.1, 0.15) is 5.82 Å². The molecule has 1 aliphatic rings. The molecule has 1 aliphatic heterocycles. The zero-order valence-electron chi connectivity index (χ0n) is 11.8. The number of hydrogen-bond donors (Lipinski definition) is 2. The lowest BCUT2D eigenvalue weighted by atomic mass is 10.0. The van der Waals surface area contributed by atoms with E-state index in [4.69, 9.17) is 0 Å². The quantitative estimate of drug-likeness (QED) is 0.834. The fourth-order valence-corrected chi connectivity index (χ4v) is 2.75. The third-order valence-corrected chi connectivity index (χ3v) is 4.08. The van der Waals surface area contributed by atoms with E-state index in [1.165, 1.54) is 17.4 Å². The molecule has 0 aliphatic carbocycles. The van der Waals surface area contributed by atoms with Crippen LogP contribution in [0.3, 0.4) is 0 Å². The largest absolute Gasteiger partial charge is 0.327 e. The Morgan fingerprint density at radius 1 is 1.37 bits per heavy atom.